The SMILES string of the molecule is c1ccc(-c2cc3c4ccccc4c4c(c5ccccc5n4-c4ccc(-c5cc6ccccc6c6ccccc56)cc4)c3c3ccccc23)cc1. The van der Waals surface area contributed by atoms with Crippen LogP contribution < -0.4 is 0 Å². The largest absolute Gasteiger partial charge is 0.309 e. The van der Waals surface area contributed by atoms with Crippen LogP contribution in [0, 0.1) is 0 Å². The predicted molar refractivity (Wildman–Crippen MR) is 219 cm³/mol. The molecule has 1 nitrogen and oxygen atoms in total. The molecule has 0 aliphatic carbocycles. The molecule has 51 heavy (non-hydrogen) atoms. The molecule has 11 aromatic rings. The summed E-state index contributed by atoms with van der Waals surface area (Å²) in [7, 11) is 0. The summed E-state index contributed by atoms with van der Waals surface area (Å²) in [6, 6.07) is 69.2. The van der Waals surface area contributed by atoms with Gasteiger partial charge in [-0.05, 0) is 95.7 Å². The van der Waals surface area contributed by atoms with Gasteiger partial charge in [-0.25, -0.2) is 0 Å². The highest BCUT2D eigenvalue weighted by Crippen LogP contribution is 2.47. The van der Waals surface area contributed by atoms with Crippen LogP contribution in [-0.2, 0) is 0 Å². The standard InChI is InChI=1S/C50H31N/c1-2-14-32(15-3-1)45-31-46-40-21-9-11-23-42(40)50-49(48(46)41-22-10-8-20-39(41)45)43-24-12-13-25-47(43)51(50)35-28-26-33(27-29-35)44-30-34-16-4-5-17-36(34)37-18-6-7-19-38(37)44/h1-31H. The van der Waals surface area contributed by atoms with Gasteiger partial charge >= 0.3 is 0 Å². The zero-order chi connectivity index (χ0) is 33.5. The first kappa shape index (κ1) is 28.2. The minimum atomic E-state index is 1.16. The van der Waals surface area contributed by atoms with Gasteiger partial charge in [-0.1, -0.05) is 158 Å². The highest BCUT2D eigenvalue weighted by atomic mass is 15.0. The van der Waals surface area contributed by atoms with Crippen LogP contribution in [0.4, 0.5) is 0 Å². The molecule has 1 heteroatoms. The second kappa shape index (κ2) is 10.9. The number of nitrogens with zero attached hydrogens (tertiary/aromatic N) is 1. The van der Waals surface area contributed by atoms with Crippen molar-refractivity contribution in [1.82, 2.24) is 4.57 Å². The molecule has 1 heterocycles. The van der Waals surface area contributed by atoms with E-state index in [1.54, 1.807) is 0 Å². The average molecular weight is 646 g/mol. The highest BCUT2D eigenvalue weighted by Gasteiger charge is 2.21. The lowest BCUT2D eigenvalue weighted by Crippen LogP contribution is -1.95. The quantitative estimate of drug-likeness (QED) is 0.169. The number of fused-ring (bicyclic) bond motifs is 13. The molecule has 0 unspecified atom stereocenters. The molecule has 236 valence electrons. The molecule has 0 spiro atoms. The summed E-state index contributed by atoms with van der Waals surface area (Å²) >= 11 is 0. The molecular weight excluding hydrogens is 615 g/mol. The van der Waals surface area contributed by atoms with Crippen LogP contribution in [0.25, 0.3) is 104 Å². The van der Waals surface area contributed by atoms with Gasteiger partial charge in [-0.2, -0.15) is 0 Å². The summed E-state index contributed by atoms with van der Waals surface area (Å²) in [5.41, 5.74) is 8.60. The van der Waals surface area contributed by atoms with Gasteiger partial charge in [-0.3, -0.25) is 0 Å². The molecule has 0 fully saturated rings. The Balaban J connectivity index is 1.23. The van der Waals surface area contributed by atoms with E-state index < -0.39 is 0 Å². The fourth-order valence-electron chi connectivity index (χ4n) is 8.74. The normalized spacial score (nSPS) is 11.9. The van der Waals surface area contributed by atoms with Crippen molar-refractivity contribution in [2.24, 2.45) is 0 Å². The van der Waals surface area contributed by atoms with Crippen molar-refractivity contribution in [3.63, 3.8) is 0 Å². The van der Waals surface area contributed by atoms with E-state index in [1.807, 2.05) is 0 Å². The molecule has 0 N–H and O–H groups in total. The maximum Gasteiger partial charge on any atom is 0.0626 e. The monoisotopic (exact) mass is 645 g/mol. The number of hydrogen-bond donors (Lipinski definition) is 0. The predicted octanol–water partition coefficient (Wildman–Crippen LogP) is 13.9. The fraction of sp³-hybridized carbons (Fsp3) is 0. The molecule has 0 saturated carbocycles. The van der Waals surface area contributed by atoms with Gasteiger partial charge in [0.2, 0.25) is 0 Å². The third-order valence-electron chi connectivity index (χ3n) is 10.9. The Morgan fingerprint density at radius 2 is 0.804 bits per heavy atom. The zero-order valence-electron chi connectivity index (χ0n) is 27.8. The summed E-state index contributed by atoms with van der Waals surface area (Å²) in [4.78, 5) is 0. The second-order valence-corrected chi connectivity index (χ2v) is 13.6. The number of benzene rings is 10. The highest BCUT2D eigenvalue weighted by molar-refractivity contribution is 6.38. The lowest BCUT2D eigenvalue weighted by atomic mass is 9.88. The van der Waals surface area contributed by atoms with Crippen LogP contribution in [0.2, 0.25) is 0 Å². The molecule has 0 amide bonds. The van der Waals surface area contributed by atoms with E-state index in [-0.39, 0.29) is 0 Å². The first-order chi connectivity index (χ1) is 25.3. The Bertz CT molecular complexity index is 3170. The summed E-state index contributed by atoms with van der Waals surface area (Å²) in [6.07, 6.45) is 0. The van der Waals surface area contributed by atoms with Crippen molar-refractivity contribution < 1.29 is 0 Å². The average Bonchev–Trinajstić information content (AvgIpc) is 3.56. The van der Waals surface area contributed by atoms with Crippen LogP contribution in [-0.4, -0.2) is 4.57 Å². The van der Waals surface area contributed by atoms with E-state index in [1.165, 1.54) is 97.9 Å². The molecule has 0 aliphatic rings. The minimum Gasteiger partial charge on any atom is -0.309 e. The van der Waals surface area contributed by atoms with Gasteiger partial charge in [-0.15, -0.1) is 0 Å². The maximum absolute atomic E-state index is 2.49. The van der Waals surface area contributed by atoms with Crippen molar-refractivity contribution in [3.8, 4) is 27.9 Å². The molecule has 10 aromatic carbocycles. The summed E-state index contributed by atoms with van der Waals surface area (Å²) < 4.78 is 2.49. The van der Waals surface area contributed by atoms with E-state index >= 15 is 0 Å². The number of para-hydroxylation sites is 1. The molecule has 0 saturated heterocycles. The molecular formula is C50H31N. The smallest absolute Gasteiger partial charge is 0.0626 e. The Labute approximate surface area is 295 Å². The van der Waals surface area contributed by atoms with Crippen molar-refractivity contribution >= 4 is 75.7 Å². The Hall–Kier alpha value is -6.70. The third-order valence-corrected chi connectivity index (χ3v) is 10.9. The maximum atomic E-state index is 2.49. The first-order valence-electron chi connectivity index (χ1n) is 17.7. The second-order valence-electron chi connectivity index (χ2n) is 13.6. The zero-order valence-corrected chi connectivity index (χ0v) is 27.8. The van der Waals surface area contributed by atoms with Crippen LogP contribution in [0.3, 0.4) is 0 Å². The molecule has 0 aliphatic heterocycles. The van der Waals surface area contributed by atoms with Gasteiger partial charge in [0.15, 0.2) is 0 Å². The van der Waals surface area contributed by atoms with E-state index in [2.05, 4.69) is 193 Å². The van der Waals surface area contributed by atoms with Gasteiger partial charge in [0, 0.05) is 27.2 Å². The van der Waals surface area contributed by atoms with Gasteiger partial charge in [0.25, 0.3) is 0 Å². The van der Waals surface area contributed by atoms with Crippen molar-refractivity contribution in [2.75, 3.05) is 0 Å². The minimum absolute atomic E-state index is 1.16. The van der Waals surface area contributed by atoms with Crippen molar-refractivity contribution in [1.29, 1.82) is 0 Å². The lowest BCUT2D eigenvalue weighted by molar-refractivity contribution is 1.19. The van der Waals surface area contributed by atoms with E-state index in [9.17, 15) is 0 Å². The first-order valence-corrected chi connectivity index (χ1v) is 17.7. The Morgan fingerprint density at radius 3 is 1.55 bits per heavy atom. The molecule has 0 radical (unpaired) electrons. The van der Waals surface area contributed by atoms with Gasteiger partial charge in [0.05, 0.1) is 11.0 Å². The van der Waals surface area contributed by atoms with Crippen LogP contribution in [0.1, 0.15) is 0 Å². The summed E-state index contributed by atoms with van der Waals surface area (Å²) in [6.45, 7) is 0. The Morgan fingerprint density at radius 1 is 0.294 bits per heavy atom. The topological polar surface area (TPSA) is 4.93 Å². The van der Waals surface area contributed by atoms with Crippen LogP contribution in [0.5, 0.6) is 0 Å². The fourth-order valence-corrected chi connectivity index (χ4v) is 8.74. The lowest BCUT2D eigenvalue weighted by Gasteiger charge is -2.16. The number of hydrogen-bond acceptors (Lipinski definition) is 0. The molecule has 0 atom stereocenters. The number of aromatic nitrogens is 1. The van der Waals surface area contributed by atoms with Crippen LogP contribution in [0.15, 0.2) is 188 Å². The summed E-state index contributed by atoms with van der Waals surface area (Å²) in [5, 5.41) is 15.4. The van der Waals surface area contributed by atoms with Crippen molar-refractivity contribution in [2.45, 2.75) is 0 Å². The number of rotatable bonds is 3. The third kappa shape index (κ3) is 4.09. The molecule has 11 rings (SSSR count). The van der Waals surface area contributed by atoms with Crippen LogP contribution >= 0.6 is 0 Å². The van der Waals surface area contributed by atoms with E-state index in [0.29, 0.717) is 0 Å². The van der Waals surface area contributed by atoms with E-state index in [0.717, 1.165) is 5.69 Å². The van der Waals surface area contributed by atoms with Gasteiger partial charge < -0.3 is 4.57 Å². The Kier molecular flexibility index (Phi) is 6.02. The van der Waals surface area contributed by atoms with Gasteiger partial charge in [0.1, 0.15) is 0 Å². The summed E-state index contributed by atoms with van der Waals surface area (Å²) in [5.74, 6) is 0. The van der Waals surface area contributed by atoms with E-state index in [4.69, 9.17) is 0 Å². The molecule has 1 aromatic heterocycles. The van der Waals surface area contributed by atoms with Crippen molar-refractivity contribution in [3.05, 3.63) is 188 Å². The molecule has 0 bridgehead atoms.